The Hall–Kier alpha value is -1.08. The maximum Gasteiger partial charge on any atom is 0.291 e. The van der Waals surface area contributed by atoms with Crippen LogP contribution in [-0.2, 0) is 0 Å². The summed E-state index contributed by atoms with van der Waals surface area (Å²) in [7, 11) is 0. The third-order valence-electron chi connectivity index (χ3n) is 4.28. The fraction of sp³-hybridized carbons (Fsp3) is 0.786. The zero-order valence-corrected chi connectivity index (χ0v) is 13.3. The minimum Gasteiger partial charge on any atom is -0.348 e. The van der Waals surface area contributed by atoms with E-state index in [1.54, 1.807) is 6.33 Å². The summed E-state index contributed by atoms with van der Waals surface area (Å²) in [6.45, 7) is 4.87. The highest BCUT2D eigenvalue weighted by Gasteiger charge is 2.30. The number of carbonyl (C=O) groups excluding carboxylic acids is 1. The highest BCUT2D eigenvalue weighted by Crippen LogP contribution is 2.36. The number of hydrogen-bond acceptors (Lipinski definition) is 5. The monoisotopic (exact) mass is 309 g/mol. The van der Waals surface area contributed by atoms with Crippen molar-refractivity contribution in [1.29, 1.82) is 0 Å². The van der Waals surface area contributed by atoms with E-state index in [-0.39, 0.29) is 16.5 Å². The van der Waals surface area contributed by atoms with Crippen LogP contribution in [0.25, 0.3) is 0 Å². The first-order chi connectivity index (χ1) is 10.2. The fourth-order valence-corrected chi connectivity index (χ4v) is 4.18. The van der Waals surface area contributed by atoms with Gasteiger partial charge in [-0.05, 0) is 44.9 Å². The number of amides is 1. The maximum absolute atomic E-state index is 12.2. The van der Waals surface area contributed by atoms with Crippen LogP contribution in [0.4, 0.5) is 0 Å². The number of aromatic nitrogens is 3. The van der Waals surface area contributed by atoms with Crippen LogP contribution in [0.5, 0.6) is 0 Å². The van der Waals surface area contributed by atoms with Crippen molar-refractivity contribution in [1.82, 2.24) is 25.4 Å². The normalized spacial score (nSPS) is 29.5. The second-order valence-electron chi connectivity index (χ2n) is 6.13. The van der Waals surface area contributed by atoms with Crippen LogP contribution in [-0.4, -0.2) is 50.8 Å². The molecule has 2 saturated heterocycles. The Labute approximate surface area is 129 Å². The van der Waals surface area contributed by atoms with Gasteiger partial charge in [0.05, 0.1) is 6.04 Å². The Balaban J connectivity index is 1.56. The van der Waals surface area contributed by atoms with Crippen molar-refractivity contribution in [3.63, 3.8) is 0 Å². The molecule has 116 valence electrons. The zero-order valence-electron chi connectivity index (χ0n) is 12.5. The molecule has 3 rings (SSSR count). The molecule has 3 heterocycles. The van der Waals surface area contributed by atoms with Gasteiger partial charge in [-0.15, -0.1) is 5.10 Å². The van der Waals surface area contributed by atoms with Gasteiger partial charge in [0.25, 0.3) is 5.91 Å². The third kappa shape index (κ3) is 3.58. The lowest BCUT2D eigenvalue weighted by molar-refractivity contribution is 0.0939. The van der Waals surface area contributed by atoms with E-state index >= 15 is 0 Å². The van der Waals surface area contributed by atoms with E-state index in [1.165, 1.54) is 12.2 Å². The van der Waals surface area contributed by atoms with E-state index in [9.17, 15) is 4.79 Å². The lowest BCUT2D eigenvalue weighted by Gasteiger charge is -2.22. The average Bonchev–Trinajstić information content (AvgIpc) is 3.16. The number of hydrogen-bond donors (Lipinski definition) is 2. The Morgan fingerprint density at radius 1 is 1.62 bits per heavy atom. The van der Waals surface area contributed by atoms with E-state index in [0.717, 1.165) is 32.4 Å². The molecule has 2 unspecified atom stereocenters. The van der Waals surface area contributed by atoms with Gasteiger partial charge in [-0.2, -0.15) is 11.8 Å². The molecule has 2 atom stereocenters. The van der Waals surface area contributed by atoms with Gasteiger partial charge in [-0.3, -0.25) is 4.79 Å². The lowest BCUT2D eigenvalue weighted by Crippen LogP contribution is -2.37. The molecular formula is C14H23N5OS. The smallest absolute Gasteiger partial charge is 0.291 e. The highest BCUT2D eigenvalue weighted by molar-refractivity contribution is 8.00. The first kappa shape index (κ1) is 14.8. The second kappa shape index (κ2) is 6.36. The van der Waals surface area contributed by atoms with Crippen molar-refractivity contribution < 1.29 is 4.79 Å². The van der Waals surface area contributed by atoms with Crippen LogP contribution < -0.4 is 10.6 Å². The molecular weight excluding hydrogens is 286 g/mol. The number of nitrogens with zero attached hydrogens (tertiary/aromatic N) is 3. The minimum absolute atomic E-state index is 0.161. The molecule has 21 heavy (non-hydrogen) atoms. The molecule has 2 fully saturated rings. The van der Waals surface area contributed by atoms with Gasteiger partial charge in [0, 0.05) is 17.8 Å². The summed E-state index contributed by atoms with van der Waals surface area (Å²) >= 11 is 1.94. The minimum atomic E-state index is -0.161. The van der Waals surface area contributed by atoms with Gasteiger partial charge in [0.2, 0.25) is 5.82 Å². The molecule has 2 aliphatic rings. The van der Waals surface area contributed by atoms with Crippen LogP contribution in [0.15, 0.2) is 6.33 Å². The summed E-state index contributed by atoms with van der Waals surface area (Å²) in [6.07, 6.45) is 6.30. The van der Waals surface area contributed by atoms with Gasteiger partial charge in [0.1, 0.15) is 6.33 Å². The van der Waals surface area contributed by atoms with Gasteiger partial charge in [-0.1, -0.05) is 0 Å². The van der Waals surface area contributed by atoms with E-state index in [1.807, 2.05) is 16.4 Å². The largest absolute Gasteiger partial charge is 0.348 e. The fourth-order valence-electron chi connectivity index (χ4n) is 2.94. The second-order valence-corrected chi connectivity index (χ2v) is 7.82. The number of rotatable bonds is 4. The van der Waals surface area contributed by atoms with Crippen molar-refractivity contribution in [2.75, 3.05) is 25.4 Å². The Bertz CT molecular complexity index is 491. The summed E-state index contributed by atoms with van der Waals surface area (Å²) in [6, 6.07) is 0.315. The SMILES string of the molecule is CC1(CNC(=O)c2ncn(C3CCCNC3)n2)CCCS1. The molecule has 0 aliphatic carbocycles. The summed E-state index contributed by atoms with van der Waals surface area (Å²) in [5.74, 6) is 1.31. The van der Waals surface area contributed by atoms with E-state index < -0.39 is 0 Å². The summed E-state index contributed by atoms with van der Waals surface area (Å²) in [4.78, 5) is 16.3. The van der Waals surface area contributed by atoms with Crippen molar-refractivity contribution in [3.8, 4) is 0 Å². The Morgan fingerprint density at radius 3 is 3.24 bits per heavy atom. The first-order valence-electron chi connectivity index (χ1n) is 7.70. The van der Waals surface area contributed by atoms with Gasteiger partial charge in [0.15, 0.2) is 0 Å². The highest BCUT2D eigenvalue weighted by atomic mass is 32.2. The van der Waals surface area contributed by atoms with Crippen LogP contribution in [0.1, 0.15) is 49.3 Å². The number of nitrogens with one attached hydrogen (secondary N) is 2. The Kier molecular flexibility index (Phi) is 4.49. The molecule has 6 nitrogen and oxygen atoms in total. The summed E-state index contributed by atoms with van der Waals surface area (Å²) in [5, 5.41) is 10.7. The third-order valence-corrected chi connectivity index (χ3v) is 5.82. The standard InChI is InChI=1S/C14H23N5OS/c1-14(5-3-7-21-14)9-16-13(20)12-17-10-19(18-12)11-4-2-6-15-8-11/h10-11,15H,2-9H2,1H3,(H,16,20). The number of piperidine rings is 1. The molecule has 1 aromatic rings. The number of thioether (sulfide) groups is 1. The quantitative estimate of drug-likeness (QED) is 0.875. The predicted octanol–water partition coefficient (Wildman–Crippen LogP) is 1.22. The lowest BCUT2D eigenvalue weighted by atomic mass is 10.1. The van der Waals surface area contributed by atoms with Crippen molar-refractivity contribution in [2.24, 2.45) is 0 Å². The zero-order chi connectivity index (χ0) is 14.7. The Morgan fingerprint density at radius 2 is 2.52 bits per heavy atom. The maximum atomic E-state index is 12.2. The van der Waals surface area contributed by atoms with Crippen LogP contribution in [0, 0.1) is 0 Å². The van der Waals surface area contributed by atoms with Crippen molar-refractivity contribution >= 4 is 17.7 Å². The number of carbonyl (C=O) groups is 1. The van der Waals surface area contributed by atoms with Crippen molar-refractivity contribution in [3.05, 3.63) is 12.2 Å². The molecule has 0 bridgehead atoms. The molecule has 0 radical (unpaired) electrons. The van der Waals surface area contributed by atoms with Crippen LogP contribution >= 0.6 is 11.8 Å². The molecule has 2 N–H and O–H groups in total. The van der Waals surface area contributed by atoms with E-state index in [0.29, 0.717) is 12.6 Å². The molecule has 0 spiro atoms. The van der Waals surface area contributed by atoms with E-state index in [4.69, 9.17) is 0 Å². The summed E-state index contributed by atoms with van der Waals surface area (Å²) < 4.78 is 2.00. The molecule has 1 aromatic heterocycles. The van der Waals surface area contributed by atoms with Gasteiger partial charge < -0.3 is 10.6 Å². The first-order valence-corrected chi connectivity index (χ1v) is 8.69. The molecule has 1 amide bonds. The van der Waals surface area contributed by atoms with Crippen LogP contribution in [0.2, 0.25) is 0 Å². The topological polar surface area (TPSA) is 71.8 Å². The van der Waals surface area contributed by atoms with Gasteiger partial charge >= 0.3 is 0 Å². The average molecular weight is 309 g/mol. The van der Waals surface area contributed by atoms with E-state index in [2.05, 4.69) is 27.6 Å². The molecule has 0 saturated carbocycles. The predicted molar refractivity (Wildman–Crippen MR) is 83.6 cm³/mol. The van der Waals surface area contributed by atoms with Crippen molar-refractivity contribution in [2.45, 2.75) is 43.4 Å². The van der Waals surface area contributed by atoms with Crippen LogP contribution in [0.3, 0.4) is 0 Å². The molecule has 0 aromatic carbocycles. The summed E-state index contributed by atoms with van der Waals surface area (Å²) in [5.41, 5.74) is 0. The van der Waals surface area contributed by atoms with Gasteiger partial charge in [-0.25, -0.2) is 9.67 Å². The molecule has 2 aliphatic heterocycles. The molecule has 7 heteroatoms.